The Balaban J connectivity index is 2.15. The molecule has 15 heavy (non-hydrogen) atoms. The summed E-state index contributed by atoms with van der Waals surface area (Å²) in [4.78, 5) is 12.6. The zero-order valence-corrected chi connectivity index (χ0v) is 8.62. The third-order valence-corrected chi connectivity index (χ3v) is 2.82. The van der Waals surface area contributed by atoms with Crippen molar-refractivity contribution in [1.29, 1.82) is 0 Å². The maximum absolute atomic E-state index is 6.08. The molecule has 0 unspecified atom stereocenters. The number of fused-ring (bicyclic) bond motifs is 1. The summed E-state index contributed by atoms with van der Waals surface area (Å²) in [6, 6.07) is 0. The van der Waals surface area contributed by atoms with Gasteiger partial charge in [0.15, 0.2) is 11.6 Å². The highest BCUT2D eigenvalue weighted by molar-refractivity contribution is 6.30. The lowest BCUT2D eigenvalue weighted by Crippen LogP contribution is -1.98. The Labute approximate surface area is 90.9 Å². The normalized spacial score (nSPS) is 14.2. The lowest BCUT2D eigenvalue weighted by molar-refractivity contribution is 0.899. The molecule has 0 aromatic carbocycles. The minimum Gasteiger partial charge on any atom is -0.257 e. The van der Waals surface area contributed by atoms with Crippen molar-refractivity contribution in [3.63, 3.8) is 0 Å². The van der Waals surface area contributed by atoms with Gasteiger partial charge in [0, 0.05) is 11.3 Å². The second-order valence-corrected chi connectivity index (χ2v) is 3.81. The van der Waals surface area contributed by atoms with Crippen LogP contribution in [0.3, 0.4) is 0 Å². The Morgan fingerprint density at radius 3 is 3.00 bits per heavy atom. The van der Waals surface area contributed by atoms with Crippen LogP contribution in [0.5, 0.6) is 0 Å². The zero-order valence-electron chi connectivity index (χ0n) is 7.87. The van der Waals surface area contributed by atoms with Gasteiger partial charge in [-0.3, -0.25) is 5.10 Å². The average Bonchev–Trinajstić information content (AvgIpc) is 2.88. The van der Waals surface area contributed by atoms with Crippen LogP contribution in [0.15, 0.2) is 6.33 Å². The highest BCUT2D eigenvalue weighted by Crippen LogP contribution is 2.27. The number of hydrogen-bond donors (Lipinski definition) is 1. The van der Waals surface area contributed by atoms with Crippen molar-refractivity contribution in [3.8, 4) is 11.6 Å². The van der Waals surface area contributed by atoms with Crippen molar-refractivity contribution < 1.29 is 0 Å². The highest BCUT2D eigenvalue weighted by Gasteiger charge is 2.19. The number of aromatic nitrogens is 5. The first kappa shape index (κ1) is 8.79. The first-order chi connectivity index (χ1) is 7.34. The molecular formula is C9H8ClN5. The Kier molecular flexibility index (Phi) is 1.92. The number of nitrogens with one attached hydrogen (secondary N) is 1. The molecule has 0 aliphatic heterocycles. The van der Waals surface area contributed by atoms with Gasteiger partial charge in [-0.25, -0.2) is 15.0 Å². The molecule has 5 nitrogen and oxygen atoms in total. The molecule has 2 aromatic rings. The van der Waals surface area contributed by atoms with E-state index in [0.717, 1.165) is 30.5 Å². The number of aryl methyl sites for hydroxylation is 1. The van der Waals surface area contributed by atoms with E-state index in [1.54, 1.807) is 0 Å². The Bertz CT molecular complexity index is 493. The molecular weight excluding hydrogens is 214 g/mol. The van der Waals surface area contributed by atoms with Gasteiger partial charge in [0.1, 0.15) is 11.5 Å². The molecule has 2 aromatic heterocycles. The maximum Gasteiger partial charge on any atom is 0.198 e. The molecule has 0 radical (unpaired) electrons. The van der Waals surface area contributed by atoms with Gasteiger partial charge in [0.25, 0.3) is 0 Å². The standard InChI is InChI=1S/C9H8ClN5/c10-7-5-2-1-3-6(5)13-9(14-7)8-11-4-12-15-8/h4H,1-3H2,(H,11,12,15). The summed E-state index contributed by atoms with van der Waals surface area (Å²) in [5.41, 5.74) is 2.13. The molecule has 0 atom stereocenters. The van der Waals surface area contributed by atoms with Crippen molar-refractivity contribution in [2.45, 2.75) is 19.3 Å². The van der Waals surface area contributed by atoms with Gasteiger partial charge in [0.05, 0.1) is 0 Å². The number of nitrogens with zero attached hydrogens (tertiary/aromatic N) is 4. The summed E-state index contributed by atoms with van der Waals surface area (Å²) in [6.07, 6.45) is 4.48. The van der Waals surface area contributed by atoms with E-state index in [4.69, 9.17) is 11.6 Å². The van der Waals surface area contributed by atoms with Crippen molar-refractivity contribution in [2.24, 2.45) is 0 Å². The summed E-state index contributed by atoms with van der Waals surface area (Å²) in [5.74, 6) is 1.09. The molecule has 1 N–H and O–H groups in total. The van der Waals surface area contributed by atoms with Crippen molar-refractivity contribution in [1.82, 2.24) is 25.1 Å². The molecule has 0 bridgehead atoms. The summed E-state index contributed by atoms with van der Waals surface area (Å²) in [5, 5.41) is 7.03. The molecule has 1 aliphatic rings. The number of aromatic amines is 1. The second-order valence-electron chi connectivity index (χ2n) is 3.45. The van der Waals surface area contributed by atoms with Crippen LogP contribution in [0.1, 0.15) is 17.7 Å². The van der Waals surface area contributed by atoms with E-state index in [1.165, 1.54) is 6.33 Å². The van der Waals surface area contributed by atoms with Gasteiger partial charge in [-0.2, -0.15) is 5.10 Å². The van der Waals surface area contributed by atoms with E-state index in [9.17, 15) is 0 Å². The second kappa shape index (κ2) is 3.27. The van der Waals surface area contributed by atoms with E-state index in [1.807, 2.05) is 0 Å². The largest absolute Gasteiger partial charge is 0.257 e. The van der Waals surface area contributed by atoms with E-state index >= 15 is 0 Å². The lowest BCUT2D eigenvalue weighted by atomic mass is 10.3. The fourth-order valence-electron chi connectivity index (χ4n) is 1.81. The Hall–Kier alpha value is -1.49. The minimum absolute atomic E-state index is 0.526. The summed E-state index contributed by atoms with van der Waals surface area (Å²) in [6.45, 7) is 0. The number of rotatable bonds is 1. The quantitative estimate of drug-likeness (QED) is 0.740. The third kappa shape index (κ3) is 1.39. The van der Waals surface area contributed by atoms with Crippen molar-refractivity contribution in [3.05, 3.63) is 22.7 Å². The monoisotopic (exact) mass is 221 g/mol. The number of H-pyrrole nitrogens is 1. The highest BCUT2D eigenvalue weighted by atomic mass is 35.5. The van der Waals surface area contributed by atoms with E-state index in [0.29, 0.717) is 16.8 Å². The first-order valence-electron chi connectivity index (χ1n) is 4.75. The molecule has 0 saturated heterocycles. The zero-order chi connectivity index (χ0) is 10.3. The van der Waals surface area contributed by atoms with Crippen LogP contribution in [-0.2, 0) is 12.8 Å². The average molecular weight is 222 g/mol. The van der Waals surface area contributed by atoms with Crippen LogP contribution in [0.25, 0.3) is 11.6 Å². The Morgan fingerprint density at radius 2 is 2.20 bits per heavy atom. The summed E-state index contributed by atoms with van der Waals surface area (Å²) < 4.78 is 0. The van der Waals surface area contributed by atoms with Gasteiger partial charge in [-0.1, -0.05) is 11.6 Å². The van der Waals surface area contributed by atoms with Crippen LogP contribution >= 0.6 is 11.6 Å². The predicted molar refractivity (Wildman–Crippen MR) is 54.4 cm³/mol. The molecule has 76 valence electrons. The third-order valence-electron chi connectivity index (χ3n) is 2.51. The van der Waals surface area contributed by atoms with Crippen LogP contribution in [0.4, 0.5) is 0 Å². The minimum atomic E-state index is 0.526. The van der Waals surface area contributed by atoms with Crippen LogP contribution in [0.2, 0.25) is 5.15 Å². The van der Waals surface area contributed by atoms with Gasteiger partial charge >= 0.3 is 0 Å². The fraction of sp³-hybridized carbons (Fsp3) is 0.333. The SMILES string of the molecule is Clc1nc(-c2ncn[nH]2)nc2c1CCC2. The topological polar surface area (TPSA) is 67.3 Å². The lowest BCUT2D eigenvalue weighted by Gasteiger charge is -2.02. The molecule has 6 heteroatoms. The smallest absolute Gasteiger partial charge is 0.198 e. The summed E-state index contributed by atoms with van der Waals surface area (Å²) in [7, 11) is 0. The molecule has 0 saturated carbocycles. The van der Waals surface area contributed by atoms with E-state index in [2.05, 4.69) is 25.1 Å². The first-order valence-corrected chi connectivity index (χ1v) is 5.13. The Morgan fingerprint density at radius 1 is 1.27 bits per heavy atom. The van der Waals surface area contributed by atoms with Gasteiger partial charge in [0.2, 0.25) is 0 Å². The molecule has 2 heterocycles. The van der Waals surface area contributed by atoms with Gasteiger partial charge in [-0.05, 0) is 19.3 Å². The van der Waals surface area contributed by atoms with Gasteiger partial charge in [-0.15, -0.1) is 0 Å². The van der Waals surface area contributed by atoms with E-state index in [-0.39, 0.29) is 0 Å². The molecule has 0 fully saturated rings. The van der Waals surface area contributed by atoms with Gasteiger partial charge < -0.3 is 0 Å². The predicted octanol–water partition coefficient (Wildman–Crippen LogP) is 1.40. The number of halogens is 1. The van der Waals surface area contributed by atoms with Crippen LogP contribution in [-0.4, -0.2) is 25.1 Å². The number of hydrogen-bond acceptors (Lipinski definition) is 4. The van der Waals surface area contributed by atoms with Crippen LogP contribution < -0.4 is 0 Å². The van der Waals surface area contributed by atoms with Crippen LogP contribution in [0, 0.1) is 0 Å². The van der Waals surface area contributed by atoms with Crippen molar-refractivity contribution in [2.75, 3.05) is 0 Å². The molecule has 0 amide bonds. The summed E-state index contributed by atoms with van der Waals surface area (Å²) >= 11 is 6.08. The van der Waals surface area contributed by atoms with E-state index < -0.39 is 0 Å². The molecule has 3 rings (SSSR count). The molecule has 1 aliphatic carbocycles. The van der Waals surface area contributed by atoms with Crippen molar-refractivity contribution >= 4 is 11.6 Å². The fourth-order valence-corrected chi connectivity index (χ4v) is 2.09. The maximum atomic E-state index is 6.08. The molecule has 0 spiro atoms.